The molecule has 2 heterocycles. The average Bonchev–Trinajstić information content (AvgIpc) is 3.61. The van der Waals surface area contributed by atoms with Crippen LogP contribution in [0.5, 0.6) is 23.0 Å². The van der Waals surface area contributed by atoms with Crippen LogP contribution in [0.15, 0.2) is 82.0 Å². The molecule has 4 heteroatoms. The van der Waals surface area contributed by atoms with E-state index in [2.05, 4.69) is 77.9 Å². The van der Waals surface area contributed by atoms with E-state index in [4.69, 9.17) is 18.3 Å². The Morgan fingerprint density at radius 3 is 1.30 bits per heavy atom. The summed E-state index contributed by atoms with van der Waals surface area (Å²) in [6.45, 7) is 12.7. The summed E-state index contributed by atoms with van der Waals surface area (Å²) in [5, 5.41) is 0. The van der Waals surface area contributed by atoms with Crippen molar-refractivity contribution < 1.29 is 18.3 Å². The molecule has 0 aliphatic carbocycles. The van der Waals surface area contributed by atoms with Crippen molar-refractivity contribution in [3.05, 3.63) is 129 Å². The summed E-state index contributed by atoms with van der Waals surface area (Å²) in [5.74, 6) is 5.47. The lowest BCUT2D eigenvalue weighted by Crippen LogP contribution is -2.00. The van der Waals surface area contributed by atoms with E-state index in [0.29, 0.717) is 0 Å². The third-order valence-electron chi connectivity index (χ3n) is 7.51. The first kappa shape index (κ1) is 35.0. The minimum absolute atomic E-state index is 0. The standard InChI is InChI=1S/C36H38O4.3CH4/c1-23-19-32(20-24(2)34(23)14-13-31-10-8-16-38-31)39-36-27(5)21-33(22-28(36)6)40-35-25(3)17-29(18-26(35)4)11-12-30-9-7-15-37-30;;;/h7-10,15-22H,11-14H2,1-6H3;3*1H4. The summed E-state index contributed by atoms with van der Waals surface area (Å²) in [5.41, 5.74) is 9.43. The Bertz CT molecular complexity index is 1520. The van der Waals surface area contributed by atoms with Crippen LogP contribution in [0.4, 0.5) is 0 Å². The molecule has 43 heavy (non-hydrogen) atoms. The summed E-state index contributed by atoms with van der Waals surface area (Å²) in [4.78, 5) is 0. The van der Waals surface area contributed by atoms with Gasteiger partial charge in [0.05, 0.1) is 12.5 Å². The maximum atomic E-state index is 6.45. The van der Waals surface area contributed by atoms with E-state index in [1.165, 1.54) is 22.3 Å². The Morgan fingerprint density at radius 1 is 0.488 bits per heavy atom. The summed E-state index contributed by atoms with van der Waals surface area (Å²) in [6, 6.07) is 20.7. The SMILES string of the molecule is C.C.C.Cc1cc(Oc2c(C)cc(Oc3c(C)cc(CCc4ccco4)cc3C)cc2C)cc(C)c1CCc1ccco1. The predicted octanol–water partition coefficient (Wildman–Crippen LogP) is 11.8. The smallest absolute Gasteiger partial charge is 0.133 e. The molecule has 0 unspecified atom stereocenters. The molecule has 4 nitrogen and oxygen atoms in total. The number of benzene rings is 3. The van der Waals surface area contributed by atoms with Gasteiger partial charge in [-0.25, -0.2) is 0 Å². The van der Waals surface area contributed by atoms with Crippen molar-refractivity contribution in [2.24, 2.45) is 0 Å². The summed E-state index contributed by atoms with van der Waals surface area (Å²) in [6.07, 6.45) is 7.12. The zero-order valence-electron chi connectivity index (χ0n) is 24.4. The topological polar surface area (TPSA) is 44.7 Å². The van der Waals surface area contributed by atoms with Crippen LogP contribution in [0.2, 0.25) is 0 Å². The molecule has 0 saturated heterocycles. The third kappa shape index (κ3) is 8.44. The lowest BCUT2D eigenvalue weighted by atomic mass is 9.97. The van der Waals surface area contributed by atoms with Gasteiger partial charge in [0.1, 0.15) is 34.5 Å². The number of hydrogen-bond acceptors (Lipinski definition) is 4. The second-order valence-corrected chi connectivity index (χ2v) is 10.8. The molecule has 0 spiro atoms. The Kier molecular flexibility index (Phi) is 12.5. The molecule has 0 aliphatic rings. The van der Waals surface area contributed by atoms with Crippen LogP contribution < -0.4 is 9.47 Å². The molecular weight excluding hydrogens is 532 g/mol. The van der Waals surface area contributed by atoms with Crippen molar-refractivity contribution in [2.45, 2.75) is 89.5 Å². The third-order valence-corrected chi connectivity index (χ3v) is 7.51. The van der Waals surface area contributed by atoms with E-state index in [-0.39, 0.29) is 22.3 Å². The van der Waals surface area contributed by atoms with Crippen LogP contribution in [0, 0.1) is 41.5 Å². The number of aryl methyl sites for hydroxylation is 9. The first-order valence-corrected chi connectivity index (χ1v) is 14.0. The van der Waals surface area contributed by atoms with Crippen LogP contribution in [0.3, 0.4) is 0 Å². The maximum absolute atomic E-state index is 6.45. The molecule has 0 amide bonds. The molecule has 0 bridgehead atoms. The fourth-order valence-corrected chi connectivity index (χ4v) is 5.54. The van der Waals surface area contributed by atoms with Crippen molar-refractivity contribution >= 4 is 0 Å². The Hall–Kier alpha value is -4.18. The molecule has 5 aromatic rings. The summed E-state index contributed by atoms with van der Waals surface area (Å²) < 4.78 is 23.9. The molecule has 0 N–H and O–H groups in total. The van der Waals surface area contributed by atoms with E-state index in [0.717, 1.165) is 82.5 Å². The number of ether oxygens (including phenoxy) is 2. The normalized spacial score (nSPS) is 10.4. The minimum atomic E-state index is 0. The van der Waals surface area contributed by atoms with Gasteiger partial charge in [0.25, 0.3) is 0 Å². The monoisotopic (exact) mass is 582 g/mol. The molecule has 0 saturated carbocycles. The van der Waals surface area contributed by atoms with Gasteiger partial charge >= 0.3 is 0 Å². The van der Waals surface area contributed by atoms with Gasteiger partial charge in [0, 0.05) is 12.8 Å². The van der Waals surface area contributed by atoms with E-state index >= 15 is 0 Å². The summed E-state index contributed by atoms with van der Waals surface area (Å²) in [7, 11) is 0. The fourth-order valence-electron chi connectivity index (χ4n) is 5.54. The van der Waals surface area contributed by atoms with Gasteiger partial charge in [-0.3, -0.25) is 0 Å². The quantitative estimate of drug-likeness (QED) is 0.164. The van der Waals surface area contributed by atoms with Crippen LogP contribution in [-0.4, -0.2) is 0 Å². The van der Waals surface area contributed by atoms with Crippen molar-refractivity contribution in [3.8, 4) is 23.0 Å². The maximum Gasteiger partial charge on any atom is 0.133 e. The molecule has 5 rings (SSSR count). The van der Waals surface area contributed by atoms with Gasteiger partial charge in [-0.05, 0) is 147 Å². The van der Waals surface area contributed by atoms with E-state index in [9.17, 15) is 0 Å². The molecule has 230 valence electrons. The number of hydrogen-bond donors (Lipinski definition) is 0. The second kappa shape index (κ2) is 15.3. The van der Waals surface area contributed by atoms with E-state index < -0.39 is 0 Å². The first-order valence-electron chi connectivity index (χ1n) is 14.0. The van der Waals surface area contributed by atoms with Crippen molar-refractivity contribution in [1.29, 1.82) is 0 Å². The molecule has 3 aromatic carbocycles. The lowest BCUT2D eigenvalue weighted by Gasteiger charge is -2.18. The highest BCUT2D eigenvalue weighted by Gasteiger charge is 2.14. The zero-order chi connectivity index (χ0) is 28.2. The second-order valence-electron chi connectivity index (χ2n) is 10.8. The highest BCUT2D eigenvalue weighted by molar-refractivity contribution is 5.52. The molecule has 0 atom stereocenters. The number of furan rings is 2. The van der Waals surface area contributed by atoms with Crippen LogP contribution in [0.1, 0.15) is 78.3 Å². The van der Waals surface area contributed by atoms with Gasteiger partial charge in [-0.1, -0.05) is 34.4 Å². The Labute approximate surface area is 259 Å². The van der Waals surface area contributed by atoms with Gasteiger partial charge in [0.2, 0.25) is 0 Å². The molecule has 0 aliphatic heterocycles. The molecule has 0 fully saturated rings. The van der Waals surface area contributed by atoms with Crippen LogP contribution >= 0.6 is 0 Å². The fraction of sp³-hybridized carbons (Fsp3) is 0.333. The molecule has 0 radical (unpaired) electrons. The Balaban J connectivity index is 0.00000215. The van der Waals surface area contributed by atoms with Crippen molar-refractivity contribution in [3.63, 3.8) is 0 Å². The van der Waals surface area contributed by atoms with Gasteiger partial charge in [-0.15, -0.1) is 0 Å². The largest absolute Gasteiger partial charge is 0.469 e. The predicted molar refractivity (Wildman–Crippen MR) is 180 cm³/mol. The van der Waals surface area contributed by atoms with E-state index in [1.807, 2.05) is 24.3 Å². The van der Waals surface area contributed by atoms with Crippen molar-refractivity contribution in [2.75, 3.05) is 0 Å². The Morgan fingerprint density at radius 2 is 0.884 bits per heavy atom. The minimum Gasteiger partial charge on any atom is -0.469 e. The van der Waals surface area contributed by atoms with Gasteiger partial charge in [-0.2, -0.15) is 0 Å². The zero-order valence-corrected chi connectivity index (χ0v) is 24.4. The van der Waals surface area contributed by atoms with Gasteiger partial charge in [0.15, 0.2) is 0 Å². The average molecular weight is 583 g/mol. The molecule has 2 aromatic heterocycles. The number of rotatable bonds is 10. The molecular formula is C39H50O4. The van der Waals surface area contributed by atoms with Crippen molar-refractivity contribution in [1.82, 2.24) is 0 Å². The lowest BCUT2D eigenvalue weighted by molar-refractivity contribution is 0.459. The van der Waals surface area contributed by atoms with Crippen LogP contribution in [0.25, 0.3) is 0 Å². The van der Waals surface area contributed by atoms with Gasteiger partial charge < -0.3 is 18.3 Å². The van der Waals surface area contributed by atoms with E-state index in [1.54, 1.807) is 12.5 Å². The highest BCUT2D eigenvalue weighted by Crippen LogP contribution is 2.37. The highest BCUT2D eigenvalue weighted by atomic mass is 16.5. The first-order chi connectivity index (χ1) is 19.3. The van der Waals surface area contributed by atoms with Crippen LogP contribution in [-0.2, 0) is 25.7 Å². The summed E-state index contributed by atoms with van der Waals surface area (Å²) >= 11 is 0.